The molecule has 4 rings (SSSR count). The van der Waals surface area contributed by atoms with Crippen molar-refractivity contribution in [1.82, 2.24) is 0 Å². The predicted molar refractivity (Wildman–Crippen MR) is 114 cm³/mol. The van der Waals surface area contributed by atoms with E-state index >= 15 is 0 Å². The molecule has 0 aromatic heterocycles. The largest absolute Gasteiger partial charge is 0.399 e. The Kier molecular flexibility index (Phi) is 4.16. The first-order valence-electron chi connectivity index (χ1n) is 9.30. The first kappa shape index (κ1) is 16.7. The Bertz CT molecular complexity index is 1040. The van der Waals surface area contributed by atoms with E-state index in [4.69, 9.17) is 5.73 Å². The van der Waals surface area contributed by atoms with Gasteiger partial charge in [0, 0.05) is 5.70 Å². The minimum absolute atomic E-state index is 0.609. The van der Waals surface area contributed by atoms with Crippen LogP contribution in [-0.4, -0.2) is 0 Å². The van der Waals surface area contributed by atoms with Crippen molar-refractivity contribution in [3.05, 3.63) is 83.9 Å². The topological polar surface area (TPSA) is 26.0 Å². The zero-order valence-corrected chi connectivity index (χ0v) is 15.5. The molecule has 0 spiro atoms. The third-order valence-electron chi connectivity index (χ3n) is 5.46. The van der Waals surface area contributed by atoms with Crippen LogP contribution in [0.15, 0.2) is 67.3 Å². The van der Waals surface area contributed by atoms with Gasteiger partial charge in [0.15, 0.2) is 0 Å². The summed E-state index contributed by atoms with van der Waals surface area (Å²) in [5.74, 6) is 0.764. The van der Waals surface area contributed by atoms with E-state index in [0.29, 0.717) is 5.70 Å². The van der Waals surface area contributed by atoms with Gasteiger partial charge in [0.05, 0.1) is 0 Å². The van der Waals surface area contributed by atoms with Gasteiger partial charge in [0.25, 0.3) is 0 Å². The average molecular weight is 339 g/mol. The molecule has 3 aromatic rings. The lowest BCUT2D eigenvalue weighted by molar-refractivity contribution is 0.642. The highest BCUT2D eigenvalue weighted by molar-refractivity contribution is 5.90. The van der Waals surface area contributed by atoms with Gasteiger partial charge in [0.1, 0.15) is 0 Å². The fourth-order valence-electron chi connectivity index (χ4n) is 3.88. The van der Waals surface area contributed by atoms with E-state index in [9.17, 15) is 0 Å². The third kappa shape index (κ3) is 3.06. The molecule has 0 saturated heterocycles. The minimum atomic E-state index is 0.609. The van der Waals surface area contributed by atoms with Crippen molar-refractivity contribution >= 4 is 22.0 Å². The Labute approximate surface area is 155 Å². The van der Waals surface area contributed by atoms with E-state index < -0.39 is 0 Å². The molecule has 0 bridgehead atoms. The maximum Gasteiger partial charge on any atom is 0.0314 e. The third-order valence-corrected chi connectivity index (χ3v) is 5.46. The fraction of sp³-hybridized carbons (Fsp3) is 0.200. The molecule has 1 aliphatic rings. The Morgan fingerprint density at radius 1 is 0.962 bits per heavy atom. The lowest BCUT2D eigenvalue weighted by atomic mass is 9.93. The Balaban J connectivity index is 1.75. The second-order valence-electron chi connectivity index (χ2n) is 7.61. The van der Waals surface area contributed by atoms with Gasteiger partial charge >= 0.3 is 0 Å². The summed E-state index contributed by atoms with van der Waals surface area (Å²) in [6.45, 7) is 8.37. The number of rotatable bonds is 3. The first-order chi connectivity index (χ1) is 12.5. The zero-order valence-electron chi connectivity index (χ0n) is 15.5. The fourth-order valence-corrected chi connectivity index (χ4v) is 3.88. The van der Waals surface area contributed by atoms with E-state index in [2.05, 4.69) is 75.0 Å². The summed E-state index contributed by atoms with van der Waals surface area (Å²) in [6.07, 6.45) is 4.80. The van der Waals surface area contributed by atoms with Gasteiger partial charge in [-0.2, -0.15) is 0 Å². The summed E-state index contributed by atoms with van der Waals surface area (Å²) in [5, 5.41) is 2.42. The molecule has 1 unspecified atom stereocenters. The Morgan fingerprint density at radius 3 is 2.38 bits per heavy atom. The highest BCUT2D eigenvalue weighted by atomic mass is 14.6. The maximum absolute atomic E-state index is 5.83. The molecule has 26 heavy (non-hydrogen) atoms. The van der Waals surface area contributed by atoms with Crippen molar-refractivity contribution in [2.75, 3.05) is 0 Å². The monoisotopic (exact) mass is 339 g/mol. The molecule has 0 heterocycles. The Hall–Kier alpha value is -2.80. The summed E-state index contributed by atoms with van der Waals surface area (Å²) in [5.41, 5.74) is 14.2. The molecule has 0 fully saturated rings. The number of nitrogens with two attached hydrogens (primary N) is 1. The van der Waals surface area contributed by atoms with Crippen LogP contribution < -0.4 is 5.73 Å². The second-order valence-corrected chi connectivity index (χ2v) is 7.61. The first-order valence-corrected chi connectivity index (χ1v) is 9.30. The van der Waals surface area contributed by atoms with E-state index in [1.807, 2.05) is 6.07 Å². The SMILES string of the molecule is C=C(N)c1ccc2cc(-c3ccc(C)c(C4=CCC(C)C4)c3)ccc2c1. The van der Waals surface area contributed by atoms with Gasteiger partial charge in [-0.15, -0.1) is 0 Å². The van der Waals surface area contributed by atoms with Crippen molar-refractivity contribution in [3.63, 3.8) is 0 Å². The Morgan fingerprint density at radius 2 is 1.65 bits per heavy atom. The predicted octanol–water partition coefficient (Wildman–Crippen LogP) is 6.56. The van der Waals surface area contributed by atoms with Crippen LogP contribution in [0, 0.1) is 12.8 Å². The summed E-state index contributed by atoms with van der Waals surface area (Å²) in [4.78, 5) is 0. The summed E-state index contributed by atoms with van der Waals surface area (Å²) in [7, 11) is 0. The second kappa shape index (κ2) is 6.49. The van der Waals surface area contributed by atoms with Gasteiger partial charge in [0.2, 0.25) is 0 Å². The molecule has 1 aliphatic carbocycles. The molecule has 1 atom stereocenters. The van der Waals surface area contributed by atoms with Crippen molar-refractivity contribution in [3.8, 4) is 11.1 Å². The number of allylic oxidation sites excluding steroid dienone is 2. The average Bonchev–Trinajstić information content (AvgIpc) is 3.07. The van der Waals surface area contributed by atoms with Crippen molar-refractivity contribution < 1.29 is 0 Å². The van der Waals surface area contributed by atoms with Crippen LogP contribution in [-0.2, 0) is 0 Å². The van der Waals surface area contributed by atoms with E-state index in [0.717, 1.165) is 11.5 Å². The molecule has 0 saturated carbocycles. The van der Waals surface area contributed by atoms with Gasteiger partial charge in [-0.3, -0.25) is 0 Å². The van der Waals surface area contributed by atoms with Crippen LogP contribution in [0.5, 0.6) is 0 Å². The summed E-state index contributed by atoms with van der Waals surface area (Å²) >= 11 is 0. The normalized spacial score (nSPS) is 16.7. The number of hydrogen-bond donors (Lipinski definition) is 1. The van der Waals surface area contributed by atoms with Crippen molar-refractivity contribution in [1.29, 1.82) is 0 Å². The van der Waals surface area contributed by atoms with Crippen LogP contribution in [0.25, 0.3) is 33.2 Å². The maximum atomic E-state index is 5.83. The van der Waals surface area contributed by atoms with Crippen LogP contribution >= 0.6 is 0 Å². The molecule has 0 radical (unpaired) electrons. The lowest BCUT2D eigenvalue weighted by Crippen LogP contribution is -1.93. The molecule has 130 valence electrons. The number of benzene rings is 3. The smallest absolute Gasteiger partial charge is 0.0314 e. The molecule has 1 nitrogen and oxygen atoms in total. The van der Waals surface area contributed by atoms with Crippen LogP contribution in [0.3, 0.4) is 0 Å². The number of fused-ring (bicyclic) bond motifs is 1. The highest BCUT2D eigenvalue weighted by Gasteiger charge is 2.16. The zero-order chi connectivity index (χ0) is 18.3. The minimum Gasteiger partial charge on any atom is -0.399 e. The van der Waals surface area contributed by atoms with E-state index in [1.165, 1.54) is 51.4 Å². The van der Waals surface area contributed by atoms with Gasteiger partial charge in [-0.05, 0) is 88.0 Å². The standard InChI is InChI=1S/C25H25N/c1-16-4-6-24(12-16)25-15-23(7-5-17(25)2)22-11-10-20-13-19(18(3)26)8-9-21(20)14-22/h5-11,13-16H,3-4,12,26H2,1-2H3. The van der Waals surface area contributed by atoms with Crippen LogP contribution in [0.1, 0.15) is 36.5 Å². The molecule has 3 aromatic carbocycles. The molecular weight excluding hydrogens is 314 g/mol. The molecule has 2 N–H and O–H groups in total. The quantitative estimate of drug-likeness (QED) is 0.574. The lowest BCUT2D eigenvalue weighted by Gasteiger charge is -2.12. The van der Waals surface area contributed by atoms with Crippen molar-refractivity contribution in [2.24, 2.45) is 11.7 Å². The van der Waals surface area contributed by atoms with Gasteiger partial charge in [-0.25, -0.2) is 0 Å². The van der Waals surface area contributed by atoms with Gasteiger partial charge < -0.3 is 5.73 Å². The van der Waals surface area contributed by atoms with Crippen LogP contribution in [0.2, 0.25) is 0 Å². The van der Waals surface area contributed by atoms with E-state index in [1.54, 1.807) is 0 Å². The van der Waals surface area contributed by atoms with Crippen LogP contribution in [0.4, 0.5) is 0 Å². The number of aryl methyl sites for hydroxylation is 1. The highest BCUT2D eigenvalue weighted by Crippen LogP contribution is 2.36. The molecular formula is C25H25N. The van der Waals surface area contributed by atoms with Gasteiger partial charge in [-0.1, -0.05) is 56.0 Å². The number of hydrogen-bond acceptors (Lipinski definition) is 1. The van der Waals surface area contributed by atoms with E-state index in [-0.39, 0.29) is 0 Å². The summed E-state index contributed by atoms with van der Waals surface area (Å²) < 4.78 is 0. The summed E-state index contributed by atoms with van der Waals surface area (Å²) in [6, 6.07) is 19.7. The molecule has 1 heteroatoms. The van der Waals surface area contributed by atoms with Crippen molar-refractivity contribution in [2.45, 2.75) is 26.7 Å². The molecule has 0 aliphatic heterocycles. The molecule has 0 amide bonds.